The summed E-state index contributed by atoms with van der Waals surface area (Å²) in [7, 11) is -3.07. The molecule has 0 aromatic carbocycles. The zero-order chi connectivity index (χ0) is 12.2. The predicted octanol–water partition coefficient (Wildman–Crippen LogP) is 1.42. The molecule has 0 aliphatic carbocycles. The highest BCUT2D eigenvalue weighted by Gasteiger charge is 2.28. The third kappa shape index (κ3) is 3.56. The number of sulfonamides is 1. The van der Waals surface area contributed by atoms with Gasteiger partial charge in [-0.05, 0) is 26.2 Å². The number of ketones is 1. The van der Waals surface area contributed by atoms with Crippen LogP contribution in [0.3, 0.4) is 0 Å². The minimum Gasteiger partial charge on any atom is -0.300 e. The van der Waals surface area contributed by atoms with Crippen molar-refractivity contribution in [1.82, 2.24) is 4.31 Å². The molecule has 1 aliphatic rings. The molecule has 4 nitrogen and oxygen atoms in total. The number of rotatable bonds is 5. The molecule has 0 radical (unpaired) electrons. The van der Waals surface area contributed by atoms with E-state index < -0.39 is 10.0 Å². The van der Waals surface area contributed by atoms with Gasteiger partial charge in [-0.25, -0.2) is 12.7 Å². The SMILES string of the molecule is CCCCS(=O)(=O)N1CCC(C(C)=O)CC1. The first-order chi connectivity index (χ1) is 7.47. The van der Waals surface area contributed by atoms with Crippen molar-refractivity contribution >= 4 is 15.8 Å². The van der Waals surface area contributed by atoms with Crippen molar-refractivity contribution in [1.29, 1.82) is 0 Å². The van der Waals surface area contributed by atoms with Crippen molar-refractivity contribution in [3.05, 3.63) is 0 Å². The van der Waals surface area contributed by atoms with E-state index in [0.717, 1.165) is 12.8 Å². The number of hydrogen-bond acceptors (Lipinski definition) is 3. The van der Waals surface area contributed by atoms with Crippen LogP contribution in [0, 0.1) is 5.92 Å². The Morgan fingerprint density at radius 3 is 2.31 bits per heavy atom. The van der Waals surface area contributed by atoms with Gasteiger partial charge in [0.2, 0.25) is 10.0 Å². The maximum absolute atomic E-state index is 11.9. The van der Waals surface area contributed by atoms with Gasteiger partial charge in [0.1, 0.15) is 5.78 Å². The average molecular weight is 247 g/mol. The maximum Gasteiger partial charge on any atom is 0.214 e. The predicted molar refractivity (Wildman–Crippen MR) is 63.7 cm³/mol. The van der Waals surface area contributed by atoms with E-state index in [1.54, 1.807) is 11.2 Å². The quantitative estimate of drug-likeness (QED) is 0.738. The van der Waals surface area contributed by atoms with Crippen LogP contribution in [-0.4, -0.2) is 37.3 Å². The van der Waals surface area contributed by atoms with Crippen LogP contribution in [0.2, 0.25) is 0 Å². The lowest BCUT2D eigenvalue weighted by molar-refractivity contribution is -0.121. The minimum atomic E-state index is -3.07. The maximum atomic E-state index is 11.9. The minimum absolute atomic E-state index is 0.0672. The van der Waals surface area contributed by atoms with E-state index in [4.69, 9.17) is 0 Å². The monoisotopic (exact) mass is 247 g/mol. The van der Waals surface area contributed by atoms with Crippen LogP contribution in [0.5, 0.6) is 0 Å². The van der Waals surface area contributed by atoms with Crippen LogP contribution in [0.15, 0.2) is 0 Å². The molecule has 0 unspecified atom stereocenters. The summed E-state index contributed by atoms with van der Waals surface area (Å²) in [6.45, 7) is 4.59. The highest BCUT2D eigenvalue weighted by Crippen LogP contribution is 2.20. The zero-order valence-corrected chi connectivity index (χ0v) is 10.9. The lowest BCUT2D eigenvalue weighted by atomic mass is 9.95. The summed E-state index contributed by atoms with van der Waals surface area (Å²) in [6, 6.07) is 0. The Morgan fingerprint density at radius 1 is 1.31 bits per heavy atom. The fraction of sp³-hybridized carbons (Fsp3) is 0.909. The molecule has 0 bridgehead atoms. The molecular weight excluding hydrogens is 226 g/mol. The largest absolute Gasteiger partial charge is 0.300 e. The van der Waals surface area contributed by atoms with Crippen molar-refractivity contribution in [2.24, 2.45) is 5.92 Å². The van der Waals surface area contributed by atoms with E-state index in [2.05, 4.69) is 0 Å². The van der Waals surface area contributed by atoms with Gasteiger partial charge in [0.05, 0.1) is 5.75 Å². The van der Waals surface area contributed by atoms with Crippen molar-refractivity contribution < 1.29 is 13.2 Å². The summed E-state index contributed by atoms with van der Waals surface area (Å²) in [4.78, 5) is 11.2. The summed E-state index contributed by atoms with van der Waals surface area (Å²) in [5.74, 6) is 0.497. The van der Waals surface area contributed by atoms with Crippen molar-refractivity contribution in [3.63, 3.8) is 0 Å². The Bertz CT molecular complexity index is 329. The van der Waals surface area contributed by atoms with Gasteiger partial charge in [-0.1, -0.05) is 13.3 Å². The molecule has 94 valence electrons. The first-order valence-corrected chi connectivity index (χ1v) is 7.56. The number of unbranched alkanes of at least 4 members (excludes halogenated alkanes) is 1. The number of carbonyl (C=O) groups excluding carboxylic acids is 1. The third-order valence-electron chi connectivity index (χ3n) is 3.18. The van der Waals surface area contributed by atoms with E-state index >= 15 is 0 Å². The molecule has 16 heavy (non-hydrogen) atoms. The summed E-state index contributed by atoms with van der Waals surface area (Å²) in [6.07, 6.45) is 2.97. The normalized spacial score (nSPS) is 19.9. The van der Waals surface area contributed by atoms with Gasteiger partial charge in [0.25, 0.3) is 0 Å². The summed E-state index contributed by atoms with van der Waals surface area (Å²) in [5.41, 5.74) is 0. The molecule has 1 aliphatic heterocycles. The number of carbonyl (C=O) groups is 1. The van der Waals surface area contributed by atoms with Gasteiger partial charge in [0, 0.05) is 19.0 Å². The van der Waals surface area contributed by atoms with E-state index in [1.165, 1.54) is 0 Å². The highest BCUT2D eigenvalue weighted by atomic mass is 32.2. The van der Waals surface area contributed by atoms with Gasteiger partial charge in [-0.15, -0.1) is 0 Å². The molecule has 0 saturated carbocycles. The van der Waals surface area contributed by atoms with Crippen LogP contribution in [0.25, 0.3) is 0 Å². The summed E-state index contributed by atoms with van der Waals surface area (Å²) in [5, 5.41) is 0. The van der Waals surface area contributed by atoms with Gasteiger partial charge in [0.15, 0.2) is 0 Å². The van der Waals surface area contributed by atoms with E-state index in [-0.39, 0.29) is 17.5 Å². The van der Waals surface area contributed by atoms with Crippen LogP contribution in [0.1, 0.15) is 39.5 Å². The highest BCUT2D eigenvalue weighted by molar-refractivity contribution is 7.89. The second kappa shape index (κ2) is 5.77. The summed E-state index contributed by atoms with van der Waals surface area (Å²) >= 11 is 0. The lowest BCUT2D eigenvalue weighted by Gasteiger charge is -2.29. The Labute approximate surface area is 98.1 Å². The van der Waals surface area contributed by atoms with Crippen LogP contribution in [0.4, 0.5) is 0 Å². The van der Waals surface area contributed by atoms with Crippen molar-refractivity contribution in [2.45, 2.75) is 39.5 Å². The number of nitrogens with zero attached hydrogens (tertiary/aromatic N) is 1. The van der Waals surface area contributed by atoms with Crippen LogP contribution >= 0.6 is 0 Å². The van der Waals surface area contributed by atoms with Crippen LogP contribution < -0.4 is 0 Å². The first kappa shape index (κ1) is 13.6. The molecule has 0 atom stereocenters. The lowest BCUT2D eigenvalue weighted by Crippen LogP contribution is -2.40. The Kier molecular flexibility index (Phi) is 4.92. The van der Waals surface area contributed by atoms with Crippen molar-refractivity contribution in [3.8, 4) is 0 Å². The summed E-state index contributed by atoms with van der Waals surface area (Å²) < 4.78 is 25.3. The third-order valence-corrected chi connectivity index (χ3v) is 5.13. The molecule has 0 N–H and O–H groups in total. The number of piperidine rings is 1. The molecule has 1 fully saturated rings. The second-order valence-electron chi connectivity index (χ2n) is 4.45. The van der Waals surface area contributed by atoms with Crippen LogP contribution in [-0.2, 0) is 14.8 Å². The first-order valence-electron chi connectivity index (χ1n) is 5.95. The molecule has 0 aromatic rings. The molecule has 0 spiro atoms. The fourth-order valence-corrected chi connectivity index (χ4v) is 3.68. The molecule has 1 saturated heterocycles. The van der Waals surface area contributed by atoms with E-state index in [0.29, 0.717) is 25.9 Å². The molecular formula is C11H21NO3S. The van der Waals surface area contributed by atoms with E-state index in [1.807, 2.05) is 6.92 Å². The second-order valence-corrected chi connectivity index (χ2v) is 6.54. The van der Waals surface area contributed by atoms with Gasteiger partial charge >= 0.3 is 0 Å². The van der Waals surface area contributed by atoms with Gasteiger partial charge in [-0.3, -0.25) is 4.79 Å². The van der Waals surface area contributed by atoms with E-state index in [9.17, 15) is 13.2 Å². The smallest absolute Gasteiger partial charge is 0.214 e. The molecule has 5 heteroatoms. The number of hydrogen-bond donors (Lipinski definition) is 0. The Hall–Kier alpha value is -0.420. The topological polar surface area (TPSA) is 54.5 Å². The number of Topliss-reactive ketones (excluding diaryl/α,β-unsaturated/α-hetero) is 1. The van der Waals surface area contributed by atoms with Gasteiger partial charge in [-0.2, -0.15) is 0 Å². The Balaban J connectivity index is 2.50. The molecule has 0 aromatic heterocycles. The zero-order valence-electron chi connectivity index (χ0n) is 10.1. The molecule has 1 heterocycles. The molecule has 0 amide bonds. The fourth-order valence-electron chi connectivity index (χ4n) is 2.00. The standard InChI is InChI=1S/C11H21NO3S/c1-3-4-9-16(14,15)12-7-5-11(6-8-12)10(2)13/h11H,3-9H2,1-2H3. The molecule has 1 rings (SSSR count). The average Bonchev–Trinajstić information content (AvgIpc) is 2.26. The Morgan fingerprint density at radius 2 is 1.88 bits per heavy atom. The van der Waals surface area contributed by atoms with Gasteiger partial charge < -0.3 is 0 Å². The van der Waals surface area contributed by atoms with Crippen molar-refractivity contribution in [2.75, 3.05) is 18.8 Å².